The molecule has 0 aromatic heterocycles. The number of non-ortho nitro benzene ring substituents is 1. The van der Waals surface area contributed by atoms with Crippen LogP contribution >= 0.6 is 0 Å². The molecule has 0 fully saturated rings. The molecule has 0 aliphatic carbocycles. The number of rotatable bonds is 9. The monoisotopic (exact) mass is 460 g/mol. The van der Waals surface area contributed by atoms with Gasteiger partial charge >= 0.3 is 5.97 Å². The number of aliphatic imine (C=N–C) groups is 1. The predicted octanol–water partition coefficient (Wildman–Crippen LogP) is 4.41. The molecule has 172 valence electrons. The first-order chi connectivity index (χ1) is 16.5. The first-order valence-corrected chi connectivity index (χ1v) is 10.3. The van der Waals surface area contributed by atoms with E-state index >= 15 is 0 Å². The number of esters is 1. The number of benzene rings is 3. The van der Waals surface area contributed by atoms with E-state index in [-0.39, 0.29) is 30.5 Å². The Morgan fingerprint density at radius 3 is 2.50 bits per heavy atom. The van der Waals surface area contributed by atoms with Crippen LogP contribution < -0.4 is 14.2 Å². The molecule has 4 rings (SSSR count). The Morgan fingerprint density at radius 1 is 0.971 bits per heavy atom. The number of cyclic esters (lactones) is 1. The van der Waals surface area contributed by atoms with Crippen molar-refractivity contribution in [3.05, 3.63) is 99.7 Å². The molecule has 3 aromatic carbocycles. The molecule has 9 heteroatoms. The quantitative estimate of drug-likeness (QED) is 0.153. The molecule has 0 spiro atoms. The largest absolute Gasteiger partial charge is 0.497 e. The Morgan fingerprint density at radius 2 is 1.74 bits per heavy atom. The second-order valence-electron chi connectivity index (χ2n) is 7.06. The number of hydrogen-bond acceptors (Lipinski definition) is 8. The SMILES string of the molecule is COc1cccc(OCCOc2ccc([N+](=O)[O-])cc2C=C2N=C(c3ccccc3)OC2=O)c1. The van der Waals surface area contributed by atoms with Crippen molar-refractivity contribution < 1.29 is 28.7 Å². The van der Waals surface area contributed by atoms with Gasteiger partial charge in [-0.05, 0) is 36.4 Å². The Labute approximate surface area is 195 Å². The van der Waals surface area contributed by atoms with Crippen LogP contribution in [-0.4, -0.2) is 37.1 Å². The van der Waals surface area contributed by atoms with Crippen LogP contribution in [0, 0.1) is 10.1 Å². The third-order valence-corrected chi connectivity index (χ3v) is 4.79. The lowest BCUT2D eigenvalue weighted by molar-refractivity contribution is -0.384. The second-order valence-corrected chi connectivity index (χ2v) is 7.06. The summed E-state index contributed by atoms with van der Waals surface area (Å²) in [5, 5.41) is 11.3. The van der Waals surface area contributed by atoms with Crippen molar-refractivity contribution in [1.29, 1.82) is 0 Å². The Balaban J connectivity index is 1.52. The molecule has 0 saturated heterocycles. The average Bonchev–Trinajstić information content (AvgIpc) is 3.23. The average molecular weight is 460 g/mol. The van der Waals surface area contributed by atoms with Crippen molar-refractivity contribution in [2.24, 2.45) is 4.99 Å². The molecule has 0 saturated carbocycles. The van der Waals surface area contributed by atoms with Crippen molar-refractivity contribution in [2.45, 2.75) is 0 Å². The number of ether oxygens (including phenoxy) is 4. The molecule has 1 aliphatic heterocycles. The predicted molar refractivity (Wildman–Crippen MR) is 124 cm³/mol. The standard InChI is InChI=1S/C25H20N2O7/c1-31-20-8-5-9-21(16-20)32-12-13-33-23-11-10-19(27(29)30)14-18(23)15-22-25(28)34-24(26-22)17-6-3-2-4-7-17/h2-11,14-16H,12-13H2,1H3. The first kappa shape index (κ1) is 22.5. The summed E-state index contributed by atoms with van der Waals surface area (Å²) < 4.78 is 21.9. The lowest BCUT2D eigenvalue weighted by Gasteiger charge is -2.11. The van der Waals surface area contributed by atoms with E-state index in [9.17, 15) is 14.9 Å². The zero-order chi connectivity index (χ0) is 23.9. The normalized spacial score (nSPS) is 13.9. The van der Waals surface area contributed by atoms with Gasteiger partial charge in [0, 0.05) is 29.3 Å². The molecule has 0 radical (unpaired) electrons. The third kappa shape index (κ3) is 5.39. The van der Waals surface area contributed by atoms with Crippen LogP contribution in [0.15, 0.2) is 83.5 Å². The number of nitro groups is 1. The highest BCUT2D eigenvalue weighted by atomic mass is 16.6. The van der Waals surface area contributed by atoms with Gasteiger partial charge in [-0.2, -0.15) is 0 Å². The smallest absolute Gasteiger partial charge is 0.363 e. The lowest BCUT2D eigenvalue weighted by Crippen LogP contribution is -2.10. The zero-order valence-electron chi connectivity index (χ0n) is 18.2. The molecule has 34 heavy (non-hydrogen) atoms. The van der Waals surface area contributed by atoms with Gasteiger partial charge in [-0.15, -0.1) is 0 Å². The van der Waals surface area contributed by atoms with Crippen LogP contribution in [0.2, 0.25) is 0 Å². The van der Waals surface area contributed by atoms with E-state index in [1.807, 2.05) is 6.07 Å². The molecule has 1 heterocycles. The molecule has 3 aromatic rings. The number of nitro benzene ring substituents is 1. The maximum atomic E-state index is 12.4. The van der Waals surface area contributed by atoms with Crippen LogP contribution in [0.25, 0.3) is 6.08 Å². The van der Waals surface area contributed by atoms with E-state index in [0.29, 0.717) is 28.4 Å². The highest BCUT2D eigenvalue weighted by molar-refractivity contribution is 6.12. The number of hydrogen-bond donors (Lipinski definition) is 0. The van der Waals surface area contributed by atoms with Crippen molar-refractivity contribution in [3.8, 4) is 17.2 Å². The van der Waals surface area contributed by atoms with E-state index in [1.165, 1.54) is 24.3 Å². The minimum Gasteiger partial charge on any atom is -0.497 e. The molecular formula is C25H20N2O7. The summed E-state index contributed by atoms with van der Waals surface area (Å²) >= 11 is 0. The Hall–Kier alpha value is -4.66. The molecule has 0 unspecified atom stereocenters. The summed E-state index contributed by atoms with van der Waals surface area (Å²) in [7, 11) is 1.57. The van der Waals surface area contributed by atoms with E-state index in [4.69, 9.17) is 18.9 Å². The fraction of sp³-hybridized carbons (Fsp3) is 0.120. The molecule has 0 N–H and O–H groups in total. The van der Waals surface area contributed by atoms with E-state index in [1.54, 1.807) is 55.6 Å². The number of methoxy groups -OCH3 is 1. The third-order valence-electron chi connectivity index (χ3n) is 4.79. The Bertz CT molecular complexity index is 1270. The van der Waals surface area contributed by atoms with Crippen LogP contribution in [0.3, 0.4) is 0 Å². The molecule has 0 atom stereocenters. The van der Waals surface area contributed by atoms with Crippen LogP contribution in [-0.2, 0) is 9.53 Å². The van der Waals surface area contributed by atoms with Gasteiger partial charge in [0.25, 0.3) is 5.69 Å². The van der Waals surface area contributed by atoms with E-state index < -0.39 is 10.9 Å². The van der Waals surface area contributed by atoms with Gasteiger partial charge in [0.15, 0.2) is 5.70 Å². The van der Waals surface area contributed by atoms with E-state index in [0.717, 1.165) is 0 Å². The molecule has 0 bridgehead atoms. The van der Waals surface area contributed by atoms with E-state index in [2.05, 4.69) is 4.99 Å². The lowest BCUT2D eigenvalue weighted by atomic mass is 10.1. The van der Waals surface area contributed by atoms with Gasteiger partial charge in [0.2, 0.25) is 5.90 Å². The fourth-order valence-corrected chi connectivity index (χ4v) is 3.16. The maximum absolute atomic E-state index is 12.4. The minimum atomic E-state index is -0.655. The van der Waals surface area contributed by atoms with Crippen molar-refractivity contribution in [3.63, 3.8) is 0 Å². The number of carbonyl (C=O) groups excluding carboxylic acids is 1. The zero-order valence-corrected chi connectivity index (χ0v) is 18.2. The minimum absolute atomic E-state index is 0.0110. The maximum Gasteiger partial charge on any atom is 0.363 e. The molecule has 9 nitrogen and oxygen atoms in total. The van der Waals surface area contributed by atoms with Gasteiger partial charge in [0.1, 0.15) is 30.5 Å². The van der Waals surface area contributed by atoms with Crippen molar-refractivity contribution in [1.82, 2.24) is 0 Å². The van der Waals surface area contributed by atoms with Gasteiger partial charge < -0.3 is 18.9 Å². The summed E-state index contributed by atoms with van der Waals surface area (Å²) in [6, 6.07) is 20.2. The topological polar surface area (TPSA) is 109 Å². The molecule has 1 aliphatic rings. The summed E-state index contributed by atoms with van der Waals surface area (Å²) in [5.74, 6) is 1.13. The highest BCUT2D eigenvalue weighted by Gasteiger charge is 2.25. The fourth-order valence-electron chi connectivity index (χ4n) is 3.16. The molecule has 0 amide bonds. The molecular weight excluding hydrogens is 440 g/mol. The van der Waals surface area contributed by atoms with Gasteiger partial charge in [-0.25, -0.2) is 9.79 Å². The van der Waals surface area contributed by atoms with Gasteiger partial charge in [0.05, 0.1) is 12.0 Å². The number of nitrogens with zero attached hydrogens (tertiary/aromatic N) is 2. The highest BCUT2D eigenvalue weighted by Crippen LogP contribution is 2.29. The Kier molecular flexibility index (Phi) is 6.83. The van der Waals surface area contributed by atoms with Crippen LogP contribution in [0.4, 0.5) is 5.69 Å². The summed E-state index contributed by atoms with van der Waals surface area (Å²) in [4.78, 5) is 27.3. The summed E-state index contributed by atoms with van der Waals surface area (Å²) in [6.07, 6.45) is 1.41. The van der Waals surface area contributed by atoms with Crippen molar-refractivity contribution >= 4 is 23.6 Å². The second kappa shape index (κ2) is 10.3. The summed E-state index contributed by atoms with van der Waals surface area (Å²) in [6.45, 7) is 0.382. The summed E-state index contributed by atoms with van der Waals surface area (Å²) in [5.41, 5.74) is 0.826. The van der Waals surface area contributed by atoms with Gasteiger partial charge in [-0.3, -0.25) is 10.1 Å². The van der Waals surface area contributed by atoms with Crippen LogP contribution in [0.1, 0.15) is 11.1 Å². The van der Waals surface area contributed by atoms with Gasteiger partial charge in [-0.1, -0.05) is 24.3 Å². The van der Waals surface area contributed by atoms with Crippen molar-refractivity contribution in [2.75, 3.05) is 20.3 Å². The first-order valence-electron chi connectivity index (χ1n) is 10.3. The van der Waals surface area contributed by atoms with Crippen LogP contribution in [0.5, 0.6) is 17.2 Å². The number of carbonyl (C=O) groups is 1.